The van der Waals surface area contributed by atoms with Gasteiger partial charge in [-0.15, -0.1) is 0 Å². The minimum atomic E-state index is -0.491. The molecule has 0 spiro atoms. The Morgan fingerprint density at radius 1 is 1.10 bits per heavy atom. The van der Waals surface area contributed by atoms with Gasteiger partial charge in [-0.1, -0.05) is 24.3 Å². The van der Waals surface area contributed by atoms with Crippen molar-refractivity contribution in [3.63, 3.8) is 0 Å². The molecule has 1 heterocycles. The summed E-state index contributed by atoms with van der Waals surface area (Å²) in [7, 11) is 3.37. The van der Waals surface area contributed by atoms with Crippen molar-refractivity contribution in [2.75, 3.05) is 27.3 Å². The minimum absolute atomic E-state index is 0.0632. The van der Waals surface area contributed by atoms with Crippen molar-refractivity contribution < 1.29 is 23.5 Å². The number of halogens is 1. The van der Waals surface area contributed by atoms with Gasteiger partial charge in [0.25, 0.3) is 0 Å². The second-order valence-electron chi connectivity index (χ2n) is 7.58. The van der Waals surface area contributed by atoms with Crippen molar-refractivity contribution in [1.82, 2.24) is 10.2 Å². The van der Waals surface area contributed by atoms with Crippen molar-refractivity contribution in [2.24, 2.45) is 5.92 Å². The van der Waals surface area contributed by atoms with Crippen molar-refractivity contribution >= 4 is 11.8 Å². The van der Waals surface area contributed by atoms with E-state index in [2.05, 4.69) is 5.32 Å². The zero-order valence-electron chi connectivity index (χ0n) is 17.3. The number of amides is 2. The van der Waals surface area contributed by atoms with Gasteiger partial charge in [-0.3, -0.25) is 4.79 Å². The quantitative estimate of drug-likeness (QED) is 0.700. The van der Waals surface area contributed by atoms with Crippen LogP contribution in [0.4, 0.5) is 9.18 Å². The topological polar surface area (TPSA) is 67.9 Å². The lowest BCUT2D eigenvalue weighted by Crippen LogP contribution is -2.33. The summed E-state index contributed by atoms with van der Waals surface area (Å²) in [6.45, 7) is 1.80. The van der Waals surface area contributed by atoms with Gasteiger partial charge in [0.1, 0.15) is 18.2 Å². The molecule has 30 heavy (non-hydrogen) atoms. The standard InChI is InChI=1S/C23H27FN2O4/c1-26(2)23(28)25-14-16-3-5-17(6-4-16)15-30-21-12-19(11-20(24)13-21)22(27)18-7-9-29-10-8-18/h3-6,11-13,18H,7-10,14-15H2,1-2H3,(H,25,28). The number of ketones is 1. The lowest BCUT2D eigenvalue weighted by molar-refractivity contribution is 0.0544. The zero-order chi connectivity index (χ0) is 21.5. The van der Waals surface area contributed by atoms with E-state index in [1.807, 2.05) is 24.3 Å². The number of nitrogens with one attached hydrogen (secondary N) is 1. The average molecular weight is 414 g/mol. The molecule has 1 N–H and O–H groups in total. The number of carbonyl (C=O) groups excluding carboxylic acids is 2. The summed E-state index contributed by atoms with van der Waals surface area (Å²) in [6.07, 6.45) is 1.32. The van der Waals surface area contributed by atoms with Gasteiger partial charge in [-0.05, 0) is 36.1 Å². The summed E-state index contributed by atoms with van der Waals surface area (Å²) in [4.78, 5) is 25.7. The Morgan fingerprint density at radius 2 is 1.77 bits per heavy atom. The van der Waals surface area contributed by atoms with Gasteiger partial charge in [0.15, 0.2) is 5.78 Å². The number of benzene rings is 2. The smallest absolute Gasteiger partial charge is 0.317 e. The second-order valence-corrected chi connectivity index (χ2v) is 7.58. The minimum Gasteiger partial charge on any atom is -0.489 e. The van der Waals surface area contributed by atoms with Crippen LogP contribution in [0.3, 0.4) is 0 Å². The number of carbonyl (C=O) groups is 2. The third-order valence-corrected chi connectivity index (χ3v) is 5.03. The predicted molar refractivity (Wildman–Crippen MR) is 111 cm³/mol. The van der Waals surface area contributed by atoms with E-state index in [-0.39, 0.29) is 24.3 Å². The van der Waals surface area contributed by atoms with E-state index in [1.165, 1.54) is 17.0 Å². The molecule has 1 fully saturated rings. The molecule has 0 aliphatic carbocycles. The van der Waals surface area contributed by atoms with E-state index in [4.69, 9.17) is 9.47 Å². The number of hydrogen-bond acceptors (Lipinski definition) is 4. The lowest BCUT2D eigenvalue weighted by atomic mass is 9.91. The number of rotatable bonds is 7. The molecule has 0 saturated carbocycles. The largest absolute Gasteiger partial charge is 0.489 e. The second kappa shape index (κ2) is 10.2. The molecule has 6 nitrogen and oxygen atoms in total. The van der Waals surface area contributed by atoms with E-state index < -0.39 is 5.82 Å². The molecular formula is C23H27FN2O4. The first-order chi connectivity index (χ1) is 14.4. The summed E-state index contributed by atoms with van der Waals surface area (Å²) in [5.41, 5.74) is 2.20. The van der Waals surface area contributed by atoms with Crippen LogP contribution < -0.4 is 10.1 Å². The summed E-state index contributed by atoms with van der Waals surface area (Å²) in [5, 5.41) is 2.80. The fourth-order valence-electron chi connectivity index (χ4n) is 3.24. The summed E-state index contributed by atoms with van der Waals surface area (Å²) >= 11 is 0. The maximum atomic E-state index is 14.0. The van der Waals surface area contributed by atoms with Crippen molar-refractivity contribution in [2.45, 2.75) is 26.0 Å². The Balaban J connectivity index is 1.58. The van der Waals surface area contributed by atoms with Crippen molar-refractivity contribution in [1.29, 1.82) is 0 Å². The normalized spacial score (nSPS) is 14.2. The highest BCUT2D eigenvalue weighted by atomic mass is 19.1. The zero-order valence-corrected chi connectivity index (χ0v) is 17.3. The van der Waals surface area contributed by atoms with Crippen LogP contribution in [0.15, 0.2) is 42.5 Å². The molecule has 2 amide bonds. The van der Waals surface area contributed by atoms with E-state index >= 15 is 0 Å². The molecule has 0 unspecified atom stereocenters. The molecule has 0 radical (unpaired) electrons. The van der Waals surface area contributed by atoms with Crippen LogP contribution in [0, 0.1) is 11.7 Å². The highest BCUT2D eigenvalue weighted by molar-refractivity contribution is 5.98. The summed E-state index contributed by atoms with van der Waals surface area (Å²) in [5.74, 6) is -0.358. The molecule has 0 bridgehead atoms. The first-order valence-electron chi connectivity index (χ1n) is 10.0. The monoisotopic (exact) mass is 414 g/mol. The molecule has 2 aromatic carbocycles. The molecule has 0 aromatic heterocycles. The summed E-state index contributed by atoms with van der Waals surface area (Å²) < 4.78 is 25.1. The molecule has 1 aliphatic rings. The van der Waals surface area contributed by atoms with Gasteiger partial charge >= 0.3 is 6.03 Å². The third-order valence-electron chi connectivity index (χ3n) is 5.03. The van der Waals surface area contributed by atoms with Crippen molar-refractivity contribution in [3.05, 3.63) is 65.0 Å². The van der Waals surface area contributed by atoms with Gasteiger partial charge < -0.3 is 19.7 Å². The molecule has 1 saturated heterocycles. The number of urea groups is 1. The number of nitrogens with zero attached hydrogens (tertiary/aromatic N) is 1. The van der Waals surface area contributed by atoms with Gasteiger partial charge in [-0.25, -0.2) is 9.18 Å². The molecule has 2 aromatic rings. The van der Waals surface area contributed by atoms with Crippen LogP contribution >= 0.6 is 0 Å². The van der Waals surface area contributed by atoms with E-state index in [0.29, 0.717) is 43.9 Å². The van der Waals surface area contributed by atoms with E-state index in [9.17, 15) is 14.0 Å². The molecule has 7 heteroatoms. The molecule has 1 aliphatic heterocycles. The molecular weight excluding hydrogens is 387 g/mol. The maximum Gasteiger partial charge on any atom is 0.317 e. The number of hydrogen-bond donors (Lipinski definition) is 1. The SMILES string of the molecule is CN(C)C(=O)NCc1ccc(COc2cc(F)cc(C(=O)C3CCOCC3)c2)cc1. The van der Waals surface area contributed by atoms with Gasteiger partial charge in [0.05, 0.1) is 0 Å². The first-order valence-corrected chi connectivity index (χ1v) is 10.0. The maximum absolute atomic E-state index is 14.0. The average Bonchev–Trinajstić information content (AvgIpc) is 2.76. The Kier molecular flexibility index (Phi) is 7.41. The van der Waals surface area contributed by atoms with Crippen LogP contribution in [0.25, 0.3) is 0 Å². The van der Waals surface area contributed by atoms with Gasteiger partial charge in [-0.2, -0.15) is 0 Å². The van der Waals surface area contributed by atoms with Crippen molar-refractivity contribution in [3.8, 4) is 5.75 Å². The Morgan fingerprint density at radius 3 is 2.43 bits per heavy atom. The Labute approximate surface area is 176 Å². The predicted octanol–water partition coefficient (Wildman–Crippen LogP) is 3.79. The molecule has 3 rings (SSSR count). The van der Waals surface area contributed by atoms with E-state index in [0.717, 1.165) is 11.1 Å². The Hall–Kier alpha value is -2.93. The van der Waals surface area contributed by atoms with Crippen LogP contribution in [-0.2, 0) is 17.9 Å². The van der Waals surface area contributed by atoms with Gasteiger partial charge in [0.2, 0.25) is 0 Å². The van der Waals surface area contributed by atoms with Crippen LogP contribution in [0.2, 0.25) is 0 Å². The van der Waals surface area contributed by atoms with Crippen LogP contribution in [0.5, 0.6) is 5.75 Å². The fourth-order valence-corrected chi connectivity index (χ4v) is 3.24. The lowest BCUT2D eigenvalue weighted by Gasteiger charge is -2.21. The number of Topliss-reactive ketones (excluding diaryl/α,β-unsaturated/α-hetero) is 1. The number of ether oxygens (including phenoxy) is 2. The third kappa shape index (κ3) is 6.03. The summed E-state index contributed by atoms with van der Waals surface area (Å²) in [6, 6.07) is 11.6. The highest BCUT2D eigenvalue weighted by Crippen LogP contribution is 2.24. The van der Waals surface area contributed by atoms with Gasteiger partial charge in [0, 0.05) is 51.4 Å². The highest BCUT2D eigenvalue weighted by Gasteiger charge is 2.23. The van der Waals surface area contributed by atoms with Crippen LogP contribution in [0.1, 0.15) is 34.3 Å². The Bertz CT molecular complexity index is 877. The molecule has 0 atom stereocenters. The fraction of sp³-hybridized carbons (Fsp3) is 0.391. The van der Waals surface area contributed by atoms with E-state index in [1.54, 1.807) is 20.2 Å². The van der Waals surface area contributed by atoms with Crippen LogP contribution in [-0.4, -0.2) is 44.0 Å². The molecule has 160 valence electrons. The first kappa shape index (κ1) is 21.8.